The predicted molar refractivity (Wildman–Crippen MR) is 181 cm³/mol. The molecule has 0 N–H and O–H groups in total. The van der Waals surface area contributed by atoms with Gasteiger partial charge >= 0.3 is 219 Å². The number of hydrogen-bond donors (Lipinski definition) is 0. The number of hydrogen-bond acceptors (Lipinski definition) is 1. The van der Waals surface area contributed by atoms with Crippen LogP contribution in [-0.2, 0) is 5.41 Å². The van der Waals surface area contributed by atoms with Crippen LogP contribution in [0.1, 0.15) is 26.3 Å². The van der Waals surface area contributed by atoms with E-state index in [-0.39, 0.29) is 5.41 Å². The second kappa shape index (κ2) is 9.32. The third-order valence-corrected chi connectivity index (χ3v) is 12.8. The van der Waals surface area contributed by atoms with Crippen molar-refractivity contribution in [3.8, 4) is 17.1 Å². The quantitative estimate of drug-likeness (QED) is 0.147. The van der Waals surface area contributed by atoms with Gasteiger partial charge in [-0.1, -0.05) is 26.8 Å². The molecule has 41 heavy (non-hydrogen) atoms. The molecule has 6 aromatic carbocycles. The fourth-order valence-electron chi connectivity index (χ4n) is 6.33. The Labute approximate surface area is 245 Å². The molecule has 1 aromatic heterocycles. The van der Waals surface area contributed by atoms with Crippen molar-refractivity contribution in [2.24, 2.45) is 0 Å². The van der Waals surface area contributed by atoms with Crippen LogP contribution in [0.5, 0.6) is 0 Å². The summed E-state index contributed by atoms with van der Waals surface area (Å²) in [7, 11) is 0. The standard InChI is InChI=1S/C38H36GeN2/c1-38(2,3)33-15-9-11-17-35(33)41-36-18-12-10-16-34(36)40-37(41)25-19-21-29-27-13-7-8-14-28(27)32-24-26(39(4,5)6)20-22-30(32)31(29)23-25/h7-24H,1-6H3. The van der Waals surface area contributed by atoms with Crippen LogP contribution in [0.4, 0.5) is 0 Å². The van der Waals surface area contributed by atoms with Crippen LogP contribution in [0.3, 0.4) is 0 Å². The Morgan fingerprint density at radius 3 is 1.93 bits per heavy atom. The molecular formula is C38H36GeN2. The van der Waals surface area contributed by atoms with Gasteiger partial charge in [-0.25, -0.2) is 0 Å². The summed E-state index contributed by atoms with van der Waals surface area (Å²) in [4.78, 5) is 5.25. The summed E-state index contributed by atoms with van der Waals surface area (Å²) in [5, 5.41) is 7.89. The molecule has 0 aliphatic heterocycles. The van der Waals surface area contributed by atoms with E-state index in [0.717, 1.165) is 22.4 Å². The van der Waals surface area contributed by atoms with Gasteiger partial charge in [-0.3, -0.25) is 0 Å². The second-order valence-corrected chi connectivity index (χ2v) is 24.0. The summed E-state index contributed by atoms with van der Waals surface area (Å²) in [5.74, 6) is 8.40. The SMILES string of the molecule is CC(C)(C)c1ccccc1-n1c(-c2ccc3c4ccccc4c4c[c]([Ge]([CH3])([CH3])[CH3])ccc4c3c2)nc2ccccc21. The summed E-state index contributed by atoms with van der Waals surface area (Å²) in [6.07, 6.45) is 0. The molecule has 0 aliphatic carbocycles. The Bertz CT molecular complexity index is 2120. The van der Waals surface area contributed by atoms with E-state index >= 15 is 0 Å². The molecule has 7 aromatic rings. The van der Waals surface area contributed by atoms with Crippen molar-refractivity contribution < 1.29 is 0 Å². The molecular weight excluding hydrogens is 557 g/mol. The van der Waals surface area contributed by atoms with Gasteiger partial charge in [0, 0.05) is 0 Å². The second-order valence-electron chi connectivity index (χ2n) is 13.3. The molecule has 0 fully saturated rings. The van der Waals surface area contributed by atoms with Gasteiger partial charge in [0.1, 0.15) is 0 Å². The van der Waals surface area contributed by atoms with Crippen molar-refractivity contribution >= 4 is 61.0 Å². The minimum atomic E-state index is -2.01. The fourth-order valence-corrected chi connectivity index (χ4v) is 8.76. The maximum atomic E-state index is 5.25. The van der Waals surface area contributed by atoms with Crippen molar-refractivity contribution in [1.82, 2.24) is 9.55 Å². The van der Waals surface area contributed by atoms with Crippen molar-refractivity contribution in [3.05, 3.63) is 115 Å². The van der Waals surface area contributed by atoms with E-state index in [0.29, 0.717) is 0 Å². The third-order valence-electron chi connectivity index (χ3n) is 8.47. The number of imidazole rings is 1. The first-order valence-electron chi connectivity index (χ1n) is 14.6. The van der Waals surface area contributed by atoms with Crippen LogP contribution < -0.4 is 4.40 Å². The molecule has 0 spiro atoms. The minimum absolute atomic E-state index is 0.00697. The topological polar surface area (TPSA) is 17.8 Å². The number of benzene rings is 6. The van der Waals surface area contributed by atoms with Gasteiger partial charge in [0.2, 0.25) is 0 Å². The maximum absolute atomic E-state index is 5.25. The van der Waals surface area contributed by atoms with E-state index in [9.17, 15) is 0 Å². The van der Waals surface area contributed by atoms with Gasteiger partial charge in [-0.2, -0.15) is 0 Å². The van der Waals surface area contributed by atoms with E-state index in [1.165, 1.54) is 43.6 Å². The Balaban J connectivity index is 1.57. The number of nitrogens with zero attached hydrogens (tertiary/aromatic N) is 2. The number of aromatic nitrogens is 2. The van der Waals surface area contributed by atoms with Crippen LogP contribution >= 0.6 is 0 Å². The molecule has 0 saturated heterocycles. The molecule has 0 unspecified atom stereocenters. The van der Waals surface area contributed by atoms with E-state index in [1.54, 1.807) is 4.40 Å². The van der Waals surface area contributed by atoms with Gasteiger partial charge in [-0.15, -0.1) is 0 Å². The zero-order valence-corrected chi connectivity index (χ0v) is 26.9. The molecule has 1 heterocycles. The van der Waals surface area contributed by atoms with Crippen LogP contribution in [0.2, 0.25) is 17.3 Å². The molecule has 2 nitrogen and oxygen atoms in total. The van der Waals surface area contributed by atoms with Crippen molar-refractivity contribution in [2.45, 2.75) is 43.5 Å². The van der Waals surface area contributed by atoms with Crippen LogP contribution in [0, 0.1) is 0 Å². The Kier molecular flexibility index (Phi) is 5.92. The zero-order chi connectivity index (χ0) is 28.5. The normalized spacial score (nSPS) is 12.6. The molecule has 0 saturated carbocycles. The first-order valence-corrected chi connectivity index (χ1v) is 21.9. The van der Waals surface area contributed by atoms with Crippen LogP contribution in [0.15, 0.2) is 109 Å². The number of fused-ring (bicyclic) bond motifs is 7. The summed E-state index contributed by atoms with van der Waals surface area (Å²) >= 11 is -2.01. The Hall–Kier alpha value is -3.89. The number of para-hydroxylation sites is 3. The monoisotopic (exact) mass is 594 g/mol. The fraction of sp³-hybridized carbons (Fsp3) is 0.184. The molecule has 7 rings (SSSR count). The van der Waals surface area contributed by atoms with Crippen molar-refractivity contribution in [3.63, 3.8) is 0 Å². The van der Waals surface area contributed by atoms with Gasteiger partial charge < -0.3 is 0 Å². The summed E-state index contributed by atoms with van der Waals surface area (Å²) < 4.78 is 3.91. The zero-order valence-electron chi connectivity index (χ0n) is 24.8. The molecule has 0 aliphatic rings. The van der Waals surface area contributed by atoms with Gasteiger partial charge in [0.05, 0.1) is 0 Å². The Morgan fingerprint density at radius 2 is 1.17 bits per heavy atom. The van der Waals surface area contributed by atoms with Crippen molar-refractivity contribution in [2.75, 3.05) is 0 Å². The van der Waals surface area contributed by atoms with Gasteiger partial charge in [0.25, 0.3) is 0 Å². The van der Waals surface area contributed by atoms with Gasteiger partial charge in [0.15, 0.2) is 0 Å². The van der Waals surface area contributed by atoms with E-state index in [4.69, 9.17) is 4.98 Å². The van der Waals surface area contributed by atoms with E-state index in [1.807, 2.05) is 0 Å². The summed E-state index contributed by atoms with van der Waals surface area (Å²) in [5.41, 5.74) is 5.76. The van der Waals surface area contributed by atoms with E-state index < -0.39 is 13.3 Å². The molecule has 0 atom stereocenters. The Morgan fingerprint density at radius 1 is 0.585 bits per heavy atom. The summed E-state index contributed by atoms with van der Waals surface area (Å²) in [6, 6.07) is 40.4. The molecule has 202 valence electrons. The average molecular weight is 593 g/mol. The summed E-state index contributed by atoms with van der Waals surface area (Å²) in [6.45, 7) is 6.86. The van der Waals surface area contributed by atoms with Crippen LogP contribution in [0.25, 0.3) is 60.4 Å². The van der Waals surface area contributed by atoms with Crippen LogP contribution in [-0.4, -0.2) is 22.8 Å². The molecule has 0 bridgehead atoms. The third kappa shape index (κ3) is 4.28. The van der Waals surface area contributed by atoms with Crippen molar-refractivity contribution in [1.29, 1.82) is 0 Å². The molecule has 0 radical (unpaired) electrons. The average Bonchev–Trinajstić information content (AvgIpc) is 3.35. The van der Waals surface area contributed by atoms with E-state index in [2.05, 4.69) is 152 Å². The first-order chi connectivity index (χ1) is 19.6. The predicted octanol–water partition coefficient (Wildman–Crippen LogP) is 9.99. The molecule has 0 amide bonds. The number of rotatable bonds is 3. The van der Waals surface area contributed by atoms with Gasteiger partial charge in [-0.05, 0) is 0 Å². The molecule has 3 heteroatoms. The first kappa shape index (κ1) is 26.0.